The number of ketones is 1. The van der Waals surface area contributed by atoms with Gasteiger partial charge in [-0.2, -0.15) is 0 Å². The molecule has 0 spiro atoms. The fraction of sp³-hybridized carbons (Fsp3) is 0.0333. The maximum absolute atomic E-state index is 12.4. The van der Waals surface area contributed by atoms with Gasteiger partial charge >= 0.3 is 0 Å². The molecule has 0 bridgehead atoms. The zero-order valence-corrected chi connectivity index (χ0v) is 18.5. The molecule has 4 heteroatoms. The Balaban J connectivity index is 1.50. The maximum Gasteiger partial charge on any atom is 0.159 e. The van der Waals surface area contributed by atoms with E-state index in [0.717, 1.165) is 49.8 Å². The lowest BCUT2D eigenvalue weighted by atomic mass is 9.93. The van der Waals surface area contributed by atoms with Crippen molar-refractivity contribution in [3.8, 4) is 33.6 Å². The van der Waals surface area contributed by atoms with Gasteiger partial charge in [0.15, 0.2) is 11.6 Å². The number of furan rings is 1. The average Bonchev–Trinajstić information content (AvgIpc) is 3.28. The summed E-state index contributed by atoms with van der Waals surface area (Å²) in [6.07, 6.45) is 3.47. The van der Waals surface area contributed by atoms with Gasteiger partial charge in [0.05, 0.1) is 0 Å². The van der Waals surface area contributed by atoms with Crippen molar-refractivity contribution in [1.29, 1.82) is 0 Å². The SMILES string of the molecule is CC(=O)c1cc(-c2ccc(-c3ncccn3)cc2)cc(-c2cccc3c2oc2ccccc23)c1. The fourth-order valence-corrected chi connectivity index (χ4v) is 4.39. The number of para-hydroxylation sites is 2. The number of fused-ring (bicyclic) bond motifs is 3. The number of benzene rings is 4. The Kier molecular flexibility index (Phi) is 4.77. The molecule has 0 saturated carbocycles. The number of carbonyl (C=O) groups is 1. The van der Waals surface area contributed by atoms with Crippen LogP contribution in [0, 0.1) is 0 Å². The minimum atomic E-state index is 0.0224. The van der Waals surface area contributed by atoms with Gasteiger partial charge in [0, 0.05) is 39.9 Å². The molecule has 0 unspecified atom stereocenters. The first-order valence-electron chi connectivity index (χ1n) is 11.1. The second kappa shape index (κ2) is 8.09. The summed E-state index contributed by atoms with van der Waals surface area (Å²) < 4.78 is 6.25. The predicted octanol–water partition coefficient (Wildman–Crippen LogP) is 7.58. The van der Waals surface area contributed by atoms with Crippen molar-refractivity contribution in [3.05, 3.63) is 109 Å². The second-order valence-corrected chi connectivity index (χ2v) is 8.29. The Bertz CT molecular complexity index is 1670. The molecule has 0 atom stereocenters. The van der Waals surface area contributed by atoms with E-state index in [1.807, 2.05) is 66.7 Å². The first kappa shape index (κ1) is 20.1. The Morgan fingerprint density at radius 1 is 0.676 bits per heavy atom. The molecule has 4 aromatic carbocycles. The Hall–Kier alpha value is -4.57. The van der Waals surface area contributed by atoms with E-state index < -0.39 is 0 Å². The van der Waals surface area contributed by atoms with Gasteiger partial charge < -0.3 is 4.42 Å². The number of carbonyl (C=O) groups excluding carboxylic acids is 1. The number of nitrogens with zero attached hydrogens (tertiary/aromatic N) is 2. The largest absolute Gasteiger partial charge is 0.455 e. The lowest BCUT2D eigenvalue weighted by Crippen LogP contribution is -1.94. The van der Waals surface area contributed by atoms with Crippen LogP contribution in [0.15, 0.2) is 108 Å². The highest BCUT2D eigenvalue weighted by Gasteiger charge is 2.14. The van der Waals surface area contributed by atoms with E-state index in [9.17, 15) is 4.79 Å². The molecule has 6 aromatic rings. The molecular formula is C30H20N2O2. The maximum atomic E-state index is 12.4. The summed E-state index contributed by atoms with van der Waals surface area (Å²) >= 11 is 0. The topological polar surface area (TPSA) is 56.0 Å². The highest BCUT2D eigenvalue weighted by atomic mass is 16.3. The standard InChI is InChI=1S/C30H20N2O2/c1-19(33)22-16-23(20-10-12-21(13-11-20)30-31-14-5-15-32-30)18-24(17-22)25-7-4-8-27-26-6-2-3-9-28(26)34-29(25)27/h2-18H,1H3. The average molecular weight is 441 g/mol. The first-order valence-corrected chi connectivity index (χ1v) is 11.1. The van der Waals surface area contributed by atoms with Gasteiger partial charge in [-0.15, -0.1) is 0 Å². The molecule has 2 aromatic heterocycles. The van der Waals surface area contributed by atoms with Crippen molar-refractivity contribution in [2.45, 2.75) is 6.92 Å². The van der Waals surface area contributed by atoms with Gasteiger partial charge in [-0.25, -0.2) is 9.97 Å². The fourth-order valence-electron chi connectivity index (χ4n) is 4.39. The highest BCUT2D eigenvalue weighted by Crippen LogP contribution is 2.37. The normalized spacial score (nSPS) is 11.2. The number of Topliss-reactive ketones (excluding diaryl/α,β-unsaturated/α-hetero) is 1. The third-order valence-corrected chi connectivity index (χ3v) is 6.10. The van der Waals surface area contributed by atoms with E-state index in [1.165, 1.54) is 0 Å². The van der Waals surface area contributed by atoms with Crippen LogP contribution in [-0.2, 0) is 0 Å². The number of aromatic nitrogens is 2. The van der Waals surface area contributed by atoms with Crippen LogP contribution in [-0.4, -0.2) is 15.8 Å². The van der Waals surface area contributed by atoms with E-state index in [4.69, 9.17) is 4.42 Å². The Morgan fingerprint density at radius 3 is 2.18 bits per heavy atom. The van der Waals surface area contributed by atoms with Gasteiger partial charge in [0.2, 0.25) is 0 Å². The van der Waals surface area contributed by atoms with Crippen LogP contribution in [0.3, 0.4) is 0 Å². The summed E-state index contributed by atoms with van der Waals surface area (Å²) in [7, 11) is 0. The predicted molar refractivity (Wildman–Crippen MR) is 136 cm³/mol. The van der Waals surface area contributed by atoms with Crippen LogP contribution < -0.4 is 0 Å². The Morgan fingerprint density at radius 2 is 1.38 bits per heavy atom. The molecule has 162 valence electrons. The van der Waals surface area contributed by atoms with Crippen molar-refractivity contribution >= 4 is 27.7 Å². The van der Waals surface area contributed by atoms with E-state index >= 15 is 0 Å². The Labute approximate surface area is 196 Å². The first-order chi connectivity index (χ1) is 16.7. The smallest absolute Gasteiger partial charge is 0.159 e. The highest BCUT2D eigenvalue weighted by molar-refractivity contribution is 6.10. The van der Waals surface area contributed by atoms with Crippen LogP contribution in [0.2, 0.25) is 0 Å². The lowest BCUT2D eigenvalue weighted by Gasteiger charge is -2.10. The van der Waals surface area contributed by atoms with Crippen molar-refractivity contribution in [3.63, 3.8) is 0 Å². The number of hydrogen-bond donors (Lipinski definition) is 0. The molecular weight excluding hydrogens is 420 g/mol. The van der Waals surface area contributed by atoms with E-state index in [1.54, 1.807) is 25.4 Å². The van der Waals surface area contributed by atoms with Gasteiger partial charge in [-0.3, -0.25) is 4.79 Å². The van der Waals surface area contributed by atoms with E-state index in [0.29, 0.717) is 11.4 Å². The van der Waals surface area contributed by atoms with Crippen LogP contribution >= 0.6 is 0 Å². The molecule has 0 amide bonds. The summed E-state index contributed by atoms with van der Waals surface area (Å²) in [4.78, 5) is 21.1. The summed E-state index contributed by atoms with van der Waals surface area (Å²) in [5, 5.41) is 2.15. The third-order valence-electron chi connectivity index (χ3n) is 6.10. The molecule has 0 aliphatic carbocycles. The van der Waals surface area contributed by atoms with Crippen molar-refractivity contribution in [1.82, 2.24) is 9.97 Å². The summed E-state index contributed by atoms with van der Waals surface area (Å²) in [5.74, 6) is 0.706. The van der Waals surface area contributed by atoms with Crippen LogP contribution in [0.5, 0.6) is 0 Å². The van der Waals surface area contributed by atoms with Crippen LogP contribution in [0.1, 0.15) is 17.3 Å². The number of hydrogen-bond acceptors (Lipinski definition) is 4. The van der Waals surface area contributed by atoms with Gasteiger partial charge in [0.1, 0.15) is 11.2 Å². The molecule has 6 rings (SSSR count). The molecule has 0 saturated heterocycles. The molecule has 0 N–H and O–H groups in total. The van der Waals surface area contributed by atoms with Crippen LogP contribution in [0.25, 0.3) is 55.6 Å². The molecule has 0 radical (unpaired) electrons. The van der Waals surface area contributed by atoms with Crippen molar-refractivity contribution < 1.29 is 9.21 Å². The monoisotopic (exact) mass is 440 g/mol. The minimum absolute atomic E-state index is 0.0224. The summed E-state index contributed by atoms with van der Waals surface area (Å²) in [6.45, 7) is 1.60. The minimum Gasteiger partial charge on any atom is -0.455 e. The zero-order valence-electron chi connectivity index (χ0n) is 18.5. The van der Waals surface area contributed by atoms with Crippen LogP contribution in [0.4, 0.5) is 0 Å². The third kappa shape index (κ3) is 3.46. The molecule has 0 aliphatic heterocycles. The summed E-state index contributed by atoms with van der Waals surface area (Å²) in [6, 6.07) is 30.1. The van der Waals surface area contributed by atoms with Gasteiger partial charge in [-0.05, 0) is 53.9 Å². The van der Waals surface area contributed by atoms with Crippen molar-refractivity contribution in [2.75, 3.05) is 0 Å². The van der Waals surface area contributed by atoms with Gasteiger partial charge in [-0.1, -0.05) is 60.7 Å². The molecule has 2 heterocycles. The molecule has 0 fully saturated rings. The van der Waals surface area contributed by atoms with E-state index in [2.05, 4.69) is 28.2 Å². The number of rotatable bonds is 4. The second-order valence-electron chi connectivity index (χ2n) is 8.29. The zero-order chi connectivity index (χ0) is 23.1. The lowest BCUT2D eigenvalue weighted by molar-refractivity contribution is 0.101. The summed E-state index contributed by atoms with van der Waals surface area (Å²) in [5.41, 5.74) is 7.18. The molecule has 0 aliphatic rings. The van der Waals surface area contributed by atoms with Crippen molar-refractivity contribution in [2.24, 2.45) is 0 Å². The van der Waals surface area contributed by atoms with Gasteiger partial charge in [0.25, 0.3) is 0 Å². The molecule has 4 nitrogen and oxygen atoms in total. The molecule has 34 heavy (non-hydrogen) atoms. The van der Waals surface area contributed by atoms with E-state index in [-0.39, 0.29) is 5.78 Å². The quantitative estimate of drug-likeness (QED) is 0.265.